The zero-order chi connectivity index (χ0) is 26.9. The molecule has 3 atom stereocenters. The van der Waals surface area contributed by atoms with Crippen molar-refractivity contribution in [2.45, 2.75) is 51.5 Å². The molecule has 7 heteroatoms. The van der Waals surface area contributed by atoms with E-state index in [0.29, 0.717) is 18.5 Å². The van der Waals surface area contributed by atoms with Crippen LogP contribution in [0.25, 0.3) is 0 Å². The number of rotatable bonds is 10. The van der Waals surface area contributed by atoms with E-state index >= 15 is 0 Å². The molecule has 3 N–H and O–H groups in total. The largest absolute Gasteiger partial charge is 0.444 e. The van der Waals surface area contributed by atoms with E-state index in [1.54, 1.807) is 32.9 Å². The van der Waals surface area contributed by atoms with E-state index in [-0.39, 0.29) is 17.0 Å². The summed E-state index contributed by atoms with van der Waals surface area (Å²) in [5.41, 5.74) is 4.92. The molecule has 7 nitrogen and oxygen atoms in total. The summed E-state index contributed by atoms with van der Waals surface area (Å²) in [6, 6.07) is 27.8. The van der Waals surface area contributed by atoms with Crippen LogP contribution in [0, 0.1) is 0 Å². The lowest BCUT2D eigenvalue weighted by Gasteiger charge is -2.37. The van der Waals surface area contributed by atoms with Gasteiger partial charge in [-0.25, -0.2) is 9.39 Å². The lowest BCUT2D eigenvalue weighted by Crippen LogP contribution is -2.62. The monoisotopic (exact) mass is 504 g/mol. The highest BCUT2D eigenvalue weighted by atomic mass is 16.6. The van der Waals surface area contributed by atoms with Crippen LogP contribution in [0.4, 0.5) is 4.79 Å². The van der Waals surface area contributed by atoms with E-state index in [1.807, 2.05) is 85.9 Å². The first-order valence-electron chi connectivity index (χ1n) is 12.5. The lowest BCUT2D eigenvalue weighted by atomic mass is 10.0. The number of carbonyl (C=O) groups excluding carboxylic acids is 2. The van der Waals surface area contributed by atoms with E-state index < -0.39 is 23.8 Å². The van der Waals surface area contributed by atoms with Crippen molar-refractivity contribution in [3.63, 3.8) is 0 Å². The summed E-state index contributed by atoms with van der Waals surface area (Å²) in [6.45, 7) is 5.98. The number of quaternary nitrogens is 1. The van der Waals surface area contributed by atoms with E-state index in [4.69, 9.17) is 4.74 Å². The summed E-state index contributed by atoms with van der Waals surface area (Å²) in [6.07, 6.45) is -1.19. The molecule has 0 aromatic heterocycles. The van der Waals surface area contributed by atoms with Crippen molar-refractivity contribution in [1.82, 2.24) is 10.7 Å². The molecule has 3 aromatic carbocycles. The van der Waals surface area contributed by atoms with Gasteiger partial charge in [0, 0.05) is 11.1 Å². The van der Waals surface area contributed by atoms with Crippen molar-refractivity contribution >= 4 is 12.0 Å². The fourth-order valence-corrected chi connectivity index (χ4v) is 4.19. The fourth-order valence-electron chi connectivity index (χ4n) is 4.19. The molecular formula is C30H38N3O4+. The first-order chi connectivity index (χ1) is 17.5. The van der Waals surface area contributed by atoms with Crippen LogP contribution in [0.2, 0.25) is 0 Å². The Morgan fingerprint density at radius 1 is 0.865 bits per heavy atom. The third-order valence-electron chi connectivity index (χ3n) is 5.84. The van der Waals surface area contributed by atoms with Crippen molar-refractivity contribution in [2.75, 3.05) is 13.6 Å². The zero-order valence-electron chi connectivity index (χ0n) is 22.1. The van der Waals surface area contributed by atoms with Gasteiger partial charge in [-0.15, -0.1) is 0 Å². The van der Waals surface area contributed by atoms with Gasteiger partial charge in [-0.3, -0.25) is 4.79 Å². The molecule has 2 amide bonds. The maximum Gasteiger partial charge on any atom is 0.407 e. The van der Waals surface area contributed by atoms with Gasteiger partial charge in [-0.1, -0.05) is 78.9 Å². The SMILES string of the molecule is CC(C)(C)OC(=O)NC(Cc1ccccc1)C(O)C[N@@+](C)(Cc1ccccc1)NC(=O)c1ccccc1. The molecule has 0 aliphatic rings. The average Bonchev–Trinajstić information content (AvgIpc) is 2.84. The average molecular weight is 505 g/mol. The first-order valence-corrected chi connectivity index (χ1v) is 12.5. The summed E-state index contributed by atoms with van der Waals surface area (Å²) >= 11 is 0. The van der Waals surface area contributed by atoms with Gasteiger partial charge in [-0.2, -0.15) is 5.43 Å². The van der Waals surface area contributed by atoms with Crippen molar-refractivity contribution in [3.8, 4) is 0 Å². The van der Waals surface area contributed by atoms with Gasteiger partial charge < -0.3 is 15.2 Å². The molecule has 0 heterocycles. The van der Waals surface area contributed by atoms with Gasteiger partial charge in [0.15, 0.2) is 0 Å². The lowest BCUT2D eigenvalue weighted by molar-refractivity contribution is -0.958. The van der Waals surface area contributed by atoms with Crippen LogP contribution in [0.15, 0.2) is 91.0 Å². The number of amides is 2. The number of nitrogens with zero attached hydrogens (tertiary/aromatic N) is 1. The Morgan fingerprint density at radius 3 is 1.92 bits per heavy atom. The van der Waals surface area contributed by atoms with Crippen LogP contribution in [-0.2, 0) is 17.7 Å². The minimum Gasteiger partial charge on any atom is -0.444 e. The quantitative estimate of drug-likeness (QED) is 0.281. The van der Waals surface area contributed by atoms with Crippen LogP contribution in [0.5, 0.6) is 0 Å². The number of ether oxygens (including phenoxy) is 1. The number of hydrogen-bond donors (Lipinski definition) is 3. The van der Waals surface area contributed by atoms with Crippen LogP contribution in [0.3, 0.4) is 0 Å². The molecule has 3 rings (SSSR count). The Kier molecular flexibility index (Phi) is 9.44. The second-order valence-corrected chi connectivity index (χ2v) is 10.5. The number of likely N-dealkylation sites (N-methyl/N-ethyl adjacent to an activating group) is 1. The Bertz CT molecular complexity index is 1130. The van der Waals surface area contributed by atoms with Gasteiger partial charge in [0.25, 0.3) is 5.91 Å². The number of aliphatic hydroxyl groups excluding tert-OH is 1. The third kappa shape index (κ3) is 9.37. The minimum absolute atomic E-state index is 0.0280. The summed E-state index contributed by atoms with van der Waals surface area (Å²) in [7, 11) is 1.87. The predicted octanol–water partition coefficient (Wildman–Crippen LogP) is 4.48. The Morgan fingerprint density at radius 2 is 1.38 bits per heavy atom. The highest BCUT2D eigenvalue weighted by Gasteiger charge is 2.34. The van der Waals surface area contributed by atoms with E-state index in [1.165, 1.54) is 0 Å². The number of carbonyl (C=O) groups is 2. The van der Waals surface area contributed by atoms with Gasteiger partial charge in [0.2, 0.25) is 0 Å². The molecule has 0 fully saturated rings. The van der Waals surface area contributed by atoms with Crippen molar-refractivity contribution in [1.29, 1.82) is 0 Å². The topological polar surface area (TPSA) is 87.7 Å². The fraction of sp³-hybridized carbons (Fsp3) is 0.333. The summed E-state index contributed by atoms with van der Waals surface area (Å²) in [5.74, 6) is -0.244. The highest BCUT2D eigenvalue weighted by molar-refractivity contribution is 5.93. The molecule has 0 aliphatic heterocycles. The molecule has 3 aromatic rings. The van der Waals surface area contributed by atoms with Gasteiger partial charge in [0.1, 0.15) is 24.8 Å². The molecular weight excluding hydrogens is 466 g/mol. The van der Waals surface area contributed by atoms with Crippen LogP contribution < -0.4 is 10.7 Å². The molecule has 37 heavy (non-hydrogen) atoms. The van der Waals surface area contributed by atoms with Gasteiger partial charge in [-0.05, 0) is 44.9 Å². The number of hydrogen-bond acceptors (Lipinski definition) is 4. The van der Waals surface area contributed by atoms with Crippen molar-refractivity contribution < 1.29 is 24.0 Å². The second kappa shape index (κ2) is 12.5. The Balaban J connectivity index is 1.85. The van der Waals surface area contributed by atoms with E-state index in [2.05, 4.69) is 10.7 Å². The molecule has 0 saturated heterocycles. The Hall–Kier alpha value is -3.68. The molecule has 2 unspecified atom stereocenters. The smallest absolute Gasteiger partial charge is 0.407 e. The summed E-state index contributed by atoms with van der Waals surface area (Å²) in [5, 5.41) is 14.3. The van der Waals surface area contributed by atoms with Crippen LogP contribution in [-0.4, -0.2) is 53.0 Å². The van der Waals surface area contributed by atoms with Crippen molar-refractivity contribution in [3.05, 3.63) is 108 Å². The maximum atomic E-state index is 13.1. The summed E-state index contributed by atoms with van der Waals surface area (Å²) in [4.78, 5) is 25.8. The van der Waals surface area contributed by atoms with Crippen molar-refractivity contribution in [2.24, 2.45) is 0 Å². The molecule has 0 radical (unpaired) electrons. The van der Waals surface area contributed by atoms with Gasteiger partial charge >= 0.3 is 6.09 Å². The zero-order valence-corrected chi connectivity index (χ0v) is 22.1. The van der Waals surface area contributed by atoms with Crippen LogP contribution >= 0.6 is 0 Å². The first kappa shape index (κ1) is 27.9. The number of nitrogens with one attached hydrogen (secondary N) is 2. The minimum atomic E-state index is -0.988. The van der Waals surface area contributed by atoms with Gasteiger partial charge in [0.05, 0.1) is 13.1 Å². The molecule has 0 aliphatic carbocycles. The normalized spacial score (nSPS) is 14.6. The van der Waals surface area contributed by atoms with E-state index in [9.17, 15) is 14.7 Å². The molecule has 196 valence electrons. The Labute approximate surface area is 219 Å². The van der Waals surface area contributed by atoms with Crippen LogP contribution in [0.1, 0.15) is 42.3 Å². The third-order valence-corrected chi connectivity index (χ3v) is 5.84. The summed E-state index contributed by atoms with van der Waals surface area (Å²) < 4.78 is 5.50. The standard InChI is InChI=1S/C30H37N3O4/c1-30(2,3)37-29(36)31-26(20-23-14-8-5-9-15-23)27(34)22-33(4,21-24-16-10-6-11-17-24)32-28(35)25-18-12-7-13-19-25/h5-19,26-27,34H,20-22H2,1-4H3,(H-,31,32,35,36)/p+1/t26?,27?,33-/m1/s1. The molecule has 0 saturated carbocycles. The predicted molar refractivity (Wildman–Crippen MR) is 144 cm³/mol. The number of benzene rings is 3. The molecule has 0 spiro atoms. The highest BCUT2D eigenvalue weighted by Crippen LogP contribution is 2.16. The van der Waals surface area contributed by atoms with E-state index in [0.717, 1.165) is 11.1 Å². The number of alkyl carbamates (subject to hydrolysis) is 1. The molecule has 0 bridgehead atoms. The second-order valence-electron chi connectivity index (χ2n) is 10.5. The number of aliphatic hydroxyl groups is 1. The maximum absolute atomic E-state index is 13.1.